The molecule has 1 fully saturated rings. The topological polar surface area (TPSA) is 42.9 Å². The molecule has 0 spiro atoms. The van der Waals surface area contributed by atoms with Crippen LogP contribution in [0.5, 0.6) is 0 Å². The highest BCUT2D eigenvalue weighted by Gasteiger charge is 2.26. The average molecular weight is 403 g/mol. The number of hydrogen-bond donors (Lipinski definition) is 2. The van der Waals surface area contributed by atoms with Crippen LogP contribution in [0, 0.1) is 5.82 Å². The summed E-state index contributed by atoms with van der Waals surface area (Å²) in [5.41, 5.74) is 0.645. The van der Waals surface area contributed by atoms with Crippen molar-refractivity contribution < 1.29 is 17.6 Å². The molecule has 2 N–H and O–H groups in total. The SMILES string of the molecule is CCNC(=NCCCN1CCN(c2ccccc2F)CC1)NCCC(F)(F)F. The first-order chi connectivity index (χ1) is 13.4. The third-order valence-corrected chi connectivity index (χ3v) is 4.51. The predicted molar refractivity (Wildman–Crippen MR) is 104 cm³/mol. The lowest BCUT2D eigenvalue weighted by Gasteiger charge is -2.36. The Balaban J connectivity index is 1.68. The molecule has 1 saturated heterocycles. The van der Waals surface area contributed by atoms with Gasteiger partial charge < -0.3 is 15.5 Å². The third-order valence-electron chi connectivity index (χ3n) is 4.51. The molecule has 1 heterocycles. The van der Waals surface area contributed by atoms with E-state index in [1.807, 2.05) is 13.0 Å². The number of halogens is 4. The Morgan fingerprint density at radius 2 is 1.82 bits per heavy atom. The third kappa shape index (κ3) is 7.92. The predicted octanol–water partition coefficient (Wildman–Crippen LogP) is 2.85. The summed E-state index contributed by atoms with van der Waals surface area (Å²) >= 11 is 0. The van der Waals surface area contributed by atoms with Crippen molar-refractivity contribution in [2.24, 2.45) is 4.99 Å². The van der Waals surface area contributed by atoms with E-state index in [2.05, 4.69) is 25.4 Å². The summed E-state index contributed by atoms with van der Waals surface area (Å²) in [4.78, 5) is 8.69. The second-order valence-electron chi connectivity index (χ2n) is 6.69. The molecule has 0 atom stereocenters. The molecular weight excluding hydrogens is 374 g/mol. The summed E-state index contributed by atoms with van der Waals surface area (Å²) in [6.07, 6.45) is -4.24. The van der Waals surface area contributed by atoms with Crippen LogP contribution in [-0.4, -0.2) is 69.4 Å². The second kappa shape index (κ2) is 11.1. The fourth-order valence-electron chi connectivity index (χ4n) is 3.07. The number of alkyl halides is 3. The maximum absolute atomic E-state index is 13.9. The number of nitrogens with one attached hydrogen (secondary N) is 2. The minimum atomic E-state index is -4.17. The van der Waals surface area contributed by atoms with E-state index < -0.39 is 12.6 Å². The Kier molecular flexibility index (Phi) is 8.82. The van der Waals surface area contributed by atoms with Crippen LogP contribution in [0.3, 0.4) is 0 Å². The highest BCUT2D eigenvalue weighted by molar-refractivity contribution is 5.79. The smallest absolute Gasteiger partial charge is 0.367 e. The van der Waals surface area contributed by atoms with Gasteiger partial charge in [0.25, 0.3) is 0 Å². The first-order valence-corrected chi connectivity index (χ1v) is 9.70. The number of anilines is 1. The van der Waals surface area contributed by atoms with Gasteiger partial charge in [-0.25, -0.2) is 4.39 Å². The van der Waals surface area contributed by atoms with Crippen LogP contribution in [-0.2, 0) is 0 Å². The fraction of sp³-hybridized carbons (Fsp3) is 0.632. The molecule has 0 aromatic heterocycles. The van der Waals surface area contributed by atoms with E-state index in [-0.39, 0.29) is 12.4 Å². The maximum Gasteiger partial charge on any atom is 0.390 e. The van der Waals surface area contributed by atoms with Crippen LogP contribution in [0.25, 0.3) is 0 Å². The van der Waals surface area contributed by atoms with Crippen molar-refractivity contribution in [3.8, 4) is 0 Å². The molecule has 0 amide bonds. The molecule has 0 unspecified atom stereocenters. The van der Waals surface area contributed by atoms with Crippen molar-refractivity contribution in [1.29, 1.82) is 0 Å². The van der Waals surface area contributed by atoms with Crippen LogP contribution < -0.4 is 15.5 Å². The van der Waals surface area contributed by atoms with E-state index in [0.29, 0.717) is 24.7 Å². The van der Waals surface area contributed by atoms with Crippen molar-refractivity contribution in [2.45, 2.75) is 25.9 Å². The summed E-state index contributed by atoms with van der Waals surface area (Å²) in [7, 11) is 0. The summed E-state index contributed by atoms with van der Waals surface area (Å²) in [6.45, 7) is 6.91. The number of rotatable bonds is 8. The van der Waals surface area contributed by atoms with Gasteiger partial charge in [0, 0.05) is 52.4 Å². The lowest BCUT2D eigenvalue weighted by Crippen LogP contribution is -2.47. The maximum atomic E-state index is 13.9. The first-order valence-electron chi connectivity index (χ1n) is 9.70. The van der Waals surface area contributed by atoms with Gasteiger partial charge in [-0.3, -0.25) is 9.89 Å². The zero-order chi connectivity index (χ0) is 20.4. The molecule has 5 nitrogen and oxygen atoms in total. The molecule has 1 aliphatic rings. The van der Waals surface area contributed by atoms with Crippen molar-refractivity contribution in [1.82, 2.24) is 15.5 Å². The van der Waals surface area contributed by atoms with Gasteiger partial charge in [-0.05, 0) is 25.5 Å². The molecule has 0 saturated carbocycles. The molecule has 9 heteroatoms. The number of nitrogens with zero attached hydrogens (tertiary/aromatic N) is 3. The number of piperazine rings is 1. The zero-order valence-corrected chi connectivity index (χ0v) is 16.2. The Bertz CT molecular complexity index is 613. The molecule has 0 aliphatic carbocycles. The highest BCUT2D eigenvalue weighted by atomic mass is 19.4. The van der Waals surface area contributed by atoms with Gasteiger partial charge in [-0.15, -0.1) is 0 Å². The summed E-state index contributed by atoms with van der Waals surface area (Å²) in [5, 5.41) is 5.66. The van der Waals surface area contributed by atoms with Crippen molar-refractivity contribution in [3.05, 3.63) is 30.1 Å². The Hall–Kier alpha value is -2.03. The fourth-order valence-corrected chi connectivity index (χ4v) is 3.07. The summed E-state index contributed by atoms with van der Waals surface area (Å²) in [6, 6.07) is 6.81. The van der Waals surface area contributed by atoms with Crippen LogP contribution in [0.4, 0.5) is 23.2 Å². The largest absolute Gasteiger partial charge is 0.390 e. The van der Waals surface area contributed by atoms with Gasteiger partial charge in [-0.1, -0.05) is 12.1 Å². The molecule has 1 aromatic rings. The first kappa shape index (κ1) is 22.3. The minimum Gasteiger partial charge on any atom is -0.367 e. The van der Waals surface area contributed by atoms with Gasteiger partial charge in [0.05, 0.1) is 12.1 Å². The molecule has 0 bridgehead atoms. The number of hydrogen-bond acceptors (Lipinski definition) is 3. The van der Waals surface area contributed by atoms with Crippen molar-refractivity contribution in [3.63, 3.8) is 0 Å². The summed E-state index contributed by atoms with van der Waals surface area (Å²) in [5.74, 6) is 0.218. The standard InChI is InChI=1S/C19H29F4N5/c1-2-24-18(26-10-8-19(21,22)23)25-9-5-11-27-12-14-28(15-13-27)17-7-4-3-6-16(17)20/h3-4,6-7H,2,5,8-15H2,1H3,(H2,24,25,26). The van der Waals surface area contributed by atoms with Crippen LogP contribution in [0.2, 0.25) is 0 Å². The Morgan fingerprint density at radius 1 is 1.11 bits per heavy atom. The van der Waals surface area contributed by atoms with E-state index in [9.17, 15) is 17.6 Å². The van der Waals surface area contributed by atoms with Gasteiger partial charge in [-0.2, -0.15) is 13.2 Å². The normalized spacial score (nSPS) is 16.3. The monoisotopic (exact) mass is 403 g/mol. The van der Waals surface area contributed by atoms with E-state index in [1.54, 1.807) is 12.1 Å². The van der Waals surface area contributed by atoms with E-state index in [4.69, 9.17) is 0 Å². The average Bonchev–Trinajstić information content (AvgIpc) is 2.65. The number of benzene rings is 1. The minimum absolute atomic E-state index is 0.187. The number of para-hydroxylation sites is 1. The molecule has 158 valence electrons. The van der Waals surface area contributed by atoms with Crippen molar-refractivity contribution in [2.75, 3.05) is 57.3 Å². The Labute approximate surface area is 163 Å². The zero-order valence-electron chi connectivity index (χ0n) is 16.2. The van der Waals surface area contributed by atoms with Gasteiger partial charge >= 0.3 is 6.18 Å². The molecule has 1 aromatic carbocycles. The van der Waals surface area contributed by atoms with Crippen LogP contribution in [0.15, 0.2) is 29.3 Å². The quantitative estimate of drug-likeness (QED) is 0.303. The number of aliphatic imine (C=N–C) groups is 1. The van der Waals surface area contributed by atoms with Crippen molar-refractivity contribution >= 4 is 11.6 Å². The lowest BCUT2D eigenvalue weighted by molar-refractivity contribution is -0.132. The molecule has 2 rings (SSSR count). The van der Waals surface area contributed by atoms with Gasteiger partial charge in [0.2, 0.25) is 0 Å². The Morgan fingerprint density at radius 3 is 2.46 bits per heavy atom. The lowest BCUT2D eigenvalue weighted by atomic mass is 10.2. The van der Waals surface area contributed by atoms with E-state index in [1.165, 1.54) is 6.07 Å². The molecular formula is C19H29F4N5. The highest BCUT2D eigenvalue weighted by Crippen LogP contribution is 2.20. The molecule has 1 aliphatic heterocycles. The molecule has 28 heavy (non-hydrogen) atoms. The van der Waals surface area contributed by atoms with E-state index in [0.717, 1.165) is 39.1 Å². The summed E-state index contributed by atoms with van der Waals surface area (Å²) < 4.78 is 50.6. The van der Waals surface area contributed by atoms with Gasteiger partial charge in [0.1, 0.15) is 5.82 Å². The number of guanidine groups is 1. The van der Waals surface area contributed by atoms with Crippen LogP contribution >= 0.6 is 0 Å². The molecule has 0 radical (unpaired) electrons. The second-order valence-corrected chi connectivity index (χ2v) is 6.69. The van der Waals surface area contributed by atoms with Gasteiger partial charge in [0.15, 0.2) is 5.96 Å². The van der Waals surface area contributed by atoms with E-state index >= 15 is 0 Å². The van der Waals surface area contributed by atoms with Crippen LogP contribution in [0.1, 0.15) is 19.8 Å².